The molecule has 2 aliphatic heterocycles. The van der Waals surface area contributed by atoms with Crippen molar-refractivity contribution in [3.63, 3.8) is 0 Å². The minimum atomic E-state index is -0.694. The third kappa shape index (κ3) is 6.43. The van der Waals surface area contributed by atoms with Gasteiger partial charge in [-0.05, 0) is 102 Å². The van der Waals surface area contributed by atoms with E-state index in [4.69, 9.17) is 28.1 Å². The van der Waals surface area contributed by atoms with Gasteiger partial charge in [-0.1, -0.05) is 78.9 Å². The summed E-state index contributed by atoms with van der Waals surface area (Å²) in [6.07, 6.45) is -0.694. The van der Waals surface area contributed by atoms with Crippen molar-refractivity contribution in [1.82, 2.24) is 0 Å². The van der Waals surface area contributed by atoms with Crippen molar-refractivity contribution >= 4 is 25.2 Å². The van der Waals surface area contributed by atoms with Crippen LogP contribution in [0.15, 0.2) is 103 Å². The van der Waals surface area contributed by atoms with E-state index in [1.807, 2.05) is 78.9 Å². The highest BCUT2D eigenvalue weighted by Gasteiger charge is 2.52. The fourth-order valence-corrected chi connectivity index (χ4v) is 5.24. The second-order valence-corrected chi connectivity index (χ2v) is 13.9. The molecule has 0 N–H and O–H groups in total. The molecular weight excluding hydrogens is 562 g/mol. The van der Waals surface area contributed by atoms with Gasteiger partial charge in [0.1, 0.15) is 11.5 Å². The third-order valence-corrected chi connectivity index (χ3v) is 9.59. The summed E-state index contributed by atoms with van der Waals surface area (Å²) in [6, 6.07) is 34.2. The van der Waals surface area contributed by atoms with E-state index in [9.17, 15) is 0 Å². The molecule has 0 aliphatic carbocycles. The fourth-order valence-electron chi connectivity index (χ4n) is 5.24. The van der Waals surface area contributed by atoms with E-state index in [0.717, 1.165) is 27.6 Å². The first-order chi connectivity index (χ1) is 21.2. The van der Waals surface area contributed by atoms with Crippen LogP contribution in [0.3, 0.4) is 0 Å². The molecule has 8 heteroatoms. The van der Waals surface area contributed by atoms with Crippen LogP contribution in [0, 0.1) is 0 Å². The zero-order chi connectivity index (χ0) is 32.0. The van der Waals surface area contributed by atoms with Crippen LogP contribution in [0.25, 0.3) is 11.1 Å². The summed E-state index contributed by atoms with van der Waals surface area (Å²) in [5.74, 6) is 1.34. The average Bonchev–Trinajstić information content (AvgIpc) is 3.37. The molecule has 4 aromatic rings. The van der Waals surface area contributed by atoms with Gasteiger partial charge in [-0.2, -0.15) is 0 Å². The lowest BCUT2D eigenvalue weighted by atomic mass is 9.79. The molecule has 4 aromatic carbocycles. The summed E-state index contributed by atoms with van der Waals surface area (Å²) < 4.78 is 37.9. The molecule has 0 saturated carbocycles. The van der Waals surface area contributed by atoms with Crippen LogP contribution in [-0.2, 0) is 18.6 Å². The standard InChI is InChI=1S/C37H42B2O6/c1-34(2)35(3,4)43-38(42-34)29-18-22-31(23-19-29)40-33(28-16-14-27(15-17-28)26-12-10-9-11-13-26)41-32-24-20-30(21-25-32)39-44-36(5,6)37(7,8)45-39/h9-25,33H,1-8H3. The molecule has 0 bridgehead atoms. The predicted octanol–water partition coefficient (Wildman–Crippen LogP) is 7.11. The van der Waals surface area contributed by atoms with Crippen molar-refractivity contribution in [3.8, 4) is 22.6 Å². The second kappa shape index (κ2) is 11.7. The Hall–Kier alpha value is -3.55. The Morgan fingerprint density at radius 1 is 0.444 bits per heavy atom. The first kappa shape index (κ1) is 31.4. The van der Waals surface area contributed by atoms with Gasteiger partial charge < -0.3 is 28.1 Å². The maximum atomic E-state index is 6.48. The second-order valence-electron chi connectivity index (χ2n) is 13.9. The van der Waals surface area contributed by atoms with E-state index in [1.54, 1.807) is 0 Å². The van der Waals surface area contributed by atoms with Crippen LogP contribution in [0.5, 0.6) is 11.5 Å². The van der Waals surface area contributed by atoms with Gasteiger partial charge in [0, 0.05) is 5.56 Å². The van der Waals surface area contributed by atoms with Gasteiger partial charge in [-0.15, -0.1) is 0 Å². The van der Waals surface area contributed by atoms with Crippen molar-refractivity contribution in [2.45, 2.75) is 84.1 Å². The summed E-state index contributed by atoms with van der Waals surface area (Å²) in [7, 11) is -0.881. The largest absolute Gasteiger partial charge is 0.494 e. The number of benzene rings is 4. The van der Waals surface area contributed by atoms with E-state index in [1.165, 1.54) is 0 Å². The molecular formula is C37H42B2O6. The highest BCUT2D eigenvalue weighted by Crippen LogP contribution is 2.38. The summed E-state index contributed by atoms with van der Waals surface area (Å²) in [5.41, 5.74) is 3.40. The highest BCUT2D eigenvalue weighted by atomic mass is 16.7. The first-order valence-electron chi connectivity index (χ1n) is 15.6. The van der Waals surface area contributed by atoms with Gasteiger partial charge in [-0.25, -0.2) is 0 Å². The average molecular weight is 604 g/mol. The number of hydrogen-bond donors (Lipinski definition) is 0. The molecule has 2 fully saturated rings. The molecule has 6 rings (SSSR count). The van der Waals surface area contributed by atoms with Gasteiger partial charge in [0.15, 0.2) is 0 Å². The van der Waals surface area contributed by atoms with Gasteiger partial charge in [0.2, 0.25) is 0 Å². The van der Waals surface area contributed by atoms with Crippen LogP contribution in [0.1, 0.15) is 67.2 Å². The zero-order valence-corrected chi connectivity index (χ0v) is 27.5. The van der Waals surface area contributed by atoms with E-state index in [0.29, 0.717) is 11.5 Å². The Morgan fingerprint density at radius 3 is 1.18 bits per heavy atom. The molecule has 6 nitrogen and oxygen atoms in total. The minimum absolute atomic E-state index is 0.407. The van der Waals surface area contributed by atoms with E-state index in [-0.39, 0.29) is 0 Å². The lowest BCUT2D eigenvalue weighted by Crippen LogP contribution is -2.41. The first-order valence-corrected chi connectivity index (χ1v) is 15.6. The smallest absolute Gasteiger partial charge is 0.451 e. The molecule has 2 heterocycles. The van der Waals surface area contributed by atoms with Gasteiger partial charge in [0.25, 0.3) is 6.29 Å². The molecule has 232 valence electrons. The molecule has 0 amide bonds. The van der Waals surface area contributed by atoms with Crippen LogP contribution in [-0.4, -0.2) is 36.6 Å². The normalized spacial score (nSPS) is 19.6. The van der Waals surface area contributed by atoms with Crippen LogP contribution >= 0.6 is 0 Å². The van der Waals surface area contributed by atoms with Crippen molar-refractivity contribution in [3.05, 3.63) is 109 Å². The predicted molar refractivity (Wildman–Crippen MR) is 180 cm³/mol. The molecule has 0 aromatic heterocycles. The quantitative estimate of drug-likeness (QED) is 0.158. The minimum Gasteiger partial charge on any atom is -0.451 e. The van der Waals surface area contributed by atoms with Crippen molar-refractivity contribution in [2.75, 3.05) is 0 Å². The molecule has 0 spiro atoms. The lowest BCUT2D eigenvalue weighted by molar-refractivity contribution is 0.00385. The Labute approximate surface area is 268 Å². The van der Waals surface area contributed by atoms with Crippen LogP contribution in [0.2, 0.25) is 0 Å². The van der Waals surface area contributed by atoms with Crippen molar-refractivity contribution in [2.24, 2.45) is 0 Å². The lowest BCUT2D eigenvalue weighted by Gasteiger charge is -2.32. The molecule has 45 heavy (non-hydrogen) atoms. The van der Waals surface area contributed by atoms with Gasteiger partial charge in [-0.3, -0.25) is 0 Å². The summed E-state index contributed by atoms with van der Waals surface area (Å²) in [6.45, 7) is 16.4. The summed E-state index contributed by atoms with van der Waals surface area (Å²) in [4.78, 5) is 0. The topological polar surface area (TPSA) is 55.4 Å². The summed E-state index contributed by atoms with van der Waals surface area (Å²) >= 11 is 0. The Balaban J connectivity index is 1.22. The van der Waals surface area contributed by atoms with E-state index < -0.39 is 42.9 Å². The SMILES string of the molecule is CC1(C)OB(c2ccc(OC(Oc3ccc(B4OC(C)(C)C(C)(C)O4)cc3)c3ccc(-c4ccccc4)cc3)cc2)OC1(C)C. The monoisotopic (exact) mass is 604 g/mol. The highest BCUT2D eigenvalue weighted by molar-refractivity contribution is 6.62. The third-order valence-electron chi connectivity index (χ3n) is 9.59. The fraction of sp³-hybridized carbons (Fsp3) is 0.351. The van der Waals surface area contributed by atoms with E-state index in [2.05, 4.69) is 79.7 Å². The van der Waals surface area contributed by atoms with Gasteiger partial charge >= 0.3 is 14.2 Å². The van der Waals surface area contributed by atoms with Crippen LogP contribution < -0.4 is 20.4 Å². The molecule has 2 saturated heterocycles. The Kier molecular flexibility index (Phi) is 8.15. The number of rotatable bonds is 8. The summed E-state index contributed by atoms with van der Waals surface area (Å²) in [5, 5.41) is 0. The Bertz CT molecular complexity index is 1490. The molecule has 2 aliphatic rings. The molecule has 0 atom stereocenters. The number of hydrogen-bond acceptors (Lipinski definition) is 6. The molecule has 0 unspecified atom stereocenters. The van der Waals surface area contributed by atoms with Crippen molar-refractivity contribution in [1.29, 1.82) is 0 Å². The number of ether oxygens (including phenoxy) is 2. The van der Waals surface area contributed by atoms with Gasteiger partial charge in [0.05, 0.1) is 22.4 Å². The maximum absolute atomic E-state index is 6.48. The van der Waals surface area contributed by atoms with E-state index >= 15 is 0 Å². The van der Waals surface area contributed by atoms with Crippen LogP contribution in [0.4, 0.5) is 0 Å². The maximum Gasteiger partial charge on any atom is 0.494 e. The Morgan fingerprint density at radius 2 is 0.800 bits per heavy atom. The van der Waals surface area contributed by atoms with Crippen molar-refractivity contribution < 1.29 is 28.1 Å². The molecule has 0 radical (unpaired) electrons. The zero-order valence-electron chi connectivity index (χ0n) is 27.5.